The maximum Gasteiger partial charge on any atom is 0.310 e. The number of carbonyl (C=O) groups is 1. The molecule has 1 fully saturated rings. The molecular weight excluding hydrogens is 182 g/mol. The van der Waals surface area contributed by atoms with Crippen LogP contribution in [0.2, 0.25) is 0 Å². The summed E-state index contributed by atoms with van der Waals surface area (Å²) >= 11 is 0. The highest BCUT2D eigenvalue weighted by Gasteiger charge is 2.42. The molecule has 1 aliphatic rings. The molecule has 0 aromatic rings. The predicted octanol–water partition coefficient (Wildman–Crippen LogP) is 0.552. The van der Waals surface area contributed by atoms with Crippen molar-refractivity contribution in [2.45, 2.75) is 39.3 Å². The lowest BCUT2D eigenvalue weighted by Crippen LogP contribution is -2.41. The van der Waals surface area contributed by atoms with E-state index in [1.807, 2.05) is 11.8 Å². The van der Waals surface area contributed by atoms with Gasteiger partial charge in [0.2, 0.25) is 0 Å². The van der Waals surface area contributed by atoms with Crippen LogP contribution in [0.1, 0.15) is 27.2 Å². The van der Waals surface area contributed by atoms with Crippen LogP contribution in [0.25, 0.3) is 0 Å². The van der Waals surface area contributed by atoms with Crippen molar-refractivity contribution in [2.75, 3.05) is 13.1 Å². The summed E-state index contributed by atoms with van der Waals surface area (Å²) in [6.45, 7) is 6.73. The fraction of sp³-hybridized carbons (Fsp3) is 0.900. The van der Waals surface area contributed by atoms with Gasteiger partial charge in [-0.2, -0.15) is 0 Å². The Balaban J connectivity index is 2.61. The lowest BCUT2D eigenvalue weighted by atomic mass is 9.90. The molecule has 0 spiro atoms. The fourth-order valence-corrected chi connectivity index (χ4v) is 1.82. The van der Waals surface area contributed by atoms with Crippen molar-refractivity contribution >= 4 is 5.97 Å². The maximum absolute atomic E-state index is 11.0. The van der Waals surface area contributed by atoms with Crippen LogP contribution in [0.5, 0.6) is 0 Å². The van der Waals surface area contributed by atoms with Crippen LogP contribution in [0.4, 0.5) is 0 Å². The van der Waals surface area contributed by atoms with Gasteiger partial charge in [-0.3, -0.25) is 9.69 Å². The van der Waals surface area contributed by atoms with E-state index in [2.05, 4.69) is 0 Å². The Morgan fingerprint density at radius 1 is 1.50 bits per heavy atom. The van der Waals surface area contributed by atoms with E-state index in [1.165, 1.54) is 0 Å². The van der Waals surface area contributed by atoms with Crippen molar-refractivity contribution < 1.29 is 15.0 Å². The molecule has 0 amide bonds. The Bertz CT molecular complexity index is 229. The van der Waals surface area contributed by atoms with Crippen molar-refractivity contribution in [1.82, 2.24) is 4.90 Å². The number of carboxylic acids is 1. The third-order valence-corrected chi connectivity index (χ3v) is 3.29. The standard InChI is InChI=1S/C10H19NO3/c1-7(8(2)12)11-5-4-10(3,6-11)9(13)14/h7-8,12H,4-6H2,1-3H3,(H,13,14). The minimum absolute atomic E-state index is 0.0381. The molecule has 1 heterocycles. The second-order valence-electron chi connectivity index (χ2n) is 4.57. The van der Waals surface area contributed by atoms with Crippen LogP contribution in [-0.4, -0.2) is 46.3 Å². The molecule has 1 aliphatic heterocycles. The van der Waals surface area contributed by atoms with Crippen LogP contribution in [0.15, 0.2) is 0 Å². The number of aliphatic hydroxyl groups excluding tert-OH is 1. The Morgan fingerprint density at radius 2 is 2.07 bits per heavy atom. The summed E-state index contributed by atoms with van der Waals surface area (Å²) in [5.41, 5.74) is -0.636. The Hall–Kier alpha value is -0.610. The summed E-state index contributed by atoms with van der Waals surface area (Å²) in [6, 6.07) is 0.0381. The van der Waals surface area contributed by atoms with E-state index < -0.39 is 17.5 Å². The summed E-state index contributed by atoms with van der Waals surface area (Å²) in [6.07, 6.45) is 0.255. The number of carboxylic acid groups (broad SMARTS) is 1. The molecule has 0 aromatic carbocycles. The largest absolute Gasteiger partial charge is 0.481 e. The predicted molar refractivity (Wildman–Crippen MR) is 53.1 cm³/mol. The molecule has 82 valence electrons. The molecule has 2 N–H and O–H groups in total. The molecular formula is C10H19NO3. The molecule has 0 aromatic heterocycles. The van der Waals surface area contributed by atoms with Gasteiger partial charge in [-0.15, -0.1) is 0 Å². The van der Waals surface area contributed by atoms with Crippen molar-refractivity contribution in [2.24, 2.45) is 5.41 Å². The summed E-state index contributed by atoms with van der Waals surface area (Å²) in [4.78, 5) is 13.0. The zero-order valence-corrected chi connectivity index (χ0v) is 9.03. The molecule has 1 rings (SSSR count). The highest BCUT2D eigenvalue weighted by Crippen LogP contribution is 2.31. The zero-order chi connectivity index (χ0) is 10.9. The molecule has 1 saturated heterocycles. The van der Waals surface area contributed by atoms with E-state index in [1.54, 1.807) is 13.8 Å². The first-order valence-electron chi connectivity index (χ1n) is 5.02. The van der Waals surface area contributed by atoms with Gasteiger partial charge in [-0.1, -0.05) is 0 Å². The lowest BCUT2D eigenvalue weighted by molar-refractivity contribution is -0.147. The highest BCUT2D eigenvalue weighted by molar-refractivity contribution is 5.74. The number of aliphatic carboxylic acids is 1. The normalized spacial score (nSPS) is 32.9. The number of likely N-dealkylation sites (tertiary alicyclic amines) is 1. The van der Waals surface area contributed by atoms with E-state index in [4.69, 9.17) is 5.11 Å². The first-order valence-corrected chi connectivity index (χ1v) is 5.02. The minimum Gasteiger partial charge on any atom is -0.481 e. The molecule has 4 heteroatoms. The van der Waals surface area contributed by atoms with Crippen LogP contribution < -0.4 is 0 Å². The Labute approximate surface area is 84.5 Å². The van der Waals surface area contributed by atoms with Gasteiger partial charge in [-0.05, 0) is 33.7 Å². The first kappa shape index (κ1) is 11.5. The summed E-state index contributed by atoms with van der Waals surface area (Å²) in [7, 11) is 0. The number of nitrogens with zero attached hydrogens (tertiary/aromatic N) is 1. The molecule has 3 atom stereocenters. The number of hydrogen-bond donors (Lipinski definition) is 2. The second-order valence-corrected chi connectivity index (χ2v) is 4.57. The molecule has 4 nitrogen and oxygen atoms in total. The monoisotopic (exact) mass is 201 g/mol. The number of aliphatic hydroxyl groups is 1. The Morgan fingerprint density at radius 3 is 2.43 bits per heavy atom. The highest BCUT2D eigenvalue weighted by atomic mass is 16.4. The quantitative estimate of drug-likeness (QED) is 0.700. The molecule has 3 unspecified atom stereocenters. The van der Waals surface area contributed by atoms with E-state index in [0.717, 1.165) is 6.54 Å². The average Bonchev–Trinajstić information content (AvgIpc) is 2.48. The maximum atomic E-state index is 11.0. The van der Waals surface area contributed by atoms with Crippen molar-refractivity contribution in [3.63, 3.8) is 0 Å². The van der Waals surface area contributed by atoms with E-state index in [0.29, 0.717) is 13.0 Å². The molecule has 0 bridgehead atoms. The first-order chi connectivity index (χ1) is 6.37. The summed E-state index contributed by atoms with van der Waals surface area (Å²) in [5.74, 6) is -0.738. The molecule has 14 heavy (non-hydrogen) atoms. The third kappa shape index (κ3) is 2.07. The smallest absolute Gasteiger partial charge is 0.310 e. The van der Waals surface area contributed by atoms with E-state index >= 15 is 0 Å². The van der Waals surface area contributed by atoms with Gasteiger partial charge in [0.05, 0.1) is 11.5 Å². The van der Waals surface area contributed by atoms with Gasteiger partial charge in [0.25, 0.3) is 0 Å². The zero-order valence-electron chi connectivity index (χ0n) is 9.03. The third-order valence-electron chi connectivity index (χ3n) is 3.29. The summed E-state index contributed by atoms with van der Waals surface area (Å²) in [5, 5.41) is 18.4. The molecule has 0 radical (unpaired) electrons. The summed E-state index contributed by atoms with van der Waals surface area (Å²) < 4.78 is 0. The van der Waals surface area contributed by atoms with Crippen molar-refractivity contribution in [3.8, 4) is 0 Å². The number of hydrogen-bond acceptors (Lipinski definition) is 3. The second kappa shape index (κ2) is 3.87. The van der Waals surface area contributed by atoms with Gasteiger partial charge >= 0.3 is 5.97 Å². The molecule has 0 saturated carbocycles. The fourth-order valence-electron chi connectivity index (χ4n) is 1.82. The lowest BCUT2D eigenvalue weighted by Gasteiger charge is -2.27. The van der Waals surface area contributed by atoms with E-state index in [9.17, 15) is 9.90 Å². The van der Waals surface area contributed by atoms with Crippen LogP contribution in [0, 0.1) is 5.41 Å². The van der Waals surface area contributed by atoms with Crippen LogP contribution in [-0.2, 0) is 4.79 Å². The van der Waals surface area contributed by atoms with Crippen LogP contribution >= 0.6 is 0 Å². The van der Waals surface area contributed by atoms with Gasteiger partial charge in [0.1, 0.15) is 0 Å². The average molecular weight is 201 g/mol. The Kier molecular flexibility index (Phi) is 3.17. The van der Waals surface area contributed by atoms with Crippen molar-refractivity contribution in [3.05, 3.63) is 0 Å². The van der Waals surface area contributed by atoms with Crippen LogP contribution in [0.3, 0.4) is 0 Å². The SMILES string of the molecule is CC(O)C(C)N1CCC(C)(C(=O)O)C1. The minimum atomic E-state index is -0.738. The van der Waals surface area contributed by atoms with Gasteiger partial charge in [-0.25, -0.2) is 0 Å². The number of rotatable bonds is 3. The van der Waals surface area contributed by atoms with Gasteiger partial charge in [0.15, 0.2) is 0 Å². The van der Waals surface area contributed by atoms with Gasteiger partial charge in [0, 0.05) is 12.6 Å². The van der Waals surface area contributed by atoms with Gasteiger partial charge < -0.3 is 10.2 Å². The topological polar surface area (TPSA) is 60.8 Å². The molecule has 0 aliphatic carbocycles. The van der Waals surface area contributed by atoms with Crippen molar-refractivity contribution in [1.29, 1.82) is 0 Å². The van der Waals surface area contributed by atoms with E-state index in [-0.39, 0.29) is 6.04 Å².